The fraction of sp³-hybridized carbons (Fsp3) is 0.889. The second-order valence-corrected chi connectivity index (χ2v) is 4.19. The van der Waals surface area contributed by atoms with Gasteiger partial charge >= 0.3 is 5.97 Å². The van der Waals surface area contributed by atoms with Crippen LogP contribution in [0.3, 0.4) is 0 Å². The zero-order valence-electron chi connectivity index (χ0n) is 7.40. The summed E-state index contributed by atoms with van der Waals surface area (Å²) >= 11 is 0. The van der Waals surface area contributed by atoms with Gasteiger partial charge in [0, 0.05) is 6.42 Å². The molecule has 74 valence electrons. The highest BCUT2D eigenvalue weighted by molar-refractivity contribution is 5.68. The molecule has 0 aromatic heterocycles. The van der Waals surface area contributed by atoms with Gasteiger partial charge in [0.25, 0.3) is 0 Å². The summed E-state index contributed by atoms with van der Waals surface area (Å²) in [6, 6.07) is 0. The average Bonchev–Trinajstić information content (AvgIpc) is 2.75. The van der Waals surface area contributed by atoms with Crippen molar-refractivity contribution in [2.45, 2.75) is 37.4 Å². The standard InChI is InChI=1S/C9H14O4/c10-8(11)4-9(12)3-7(13-5-9)6-1-2-6/h6-7,12H,1-5H2,(H,10,11)/t7-,9-/m0/s1. The molecule has 1 saturated heterocycles. The van der Waals surface area contributed by atoms with Crippen LogP contribution >= 0.6 is 0 Å². The van der Waals surface area contributed by atoms with Crippen LogP contribution in [0.1, 0.15) is 25.7 Å². The summed E-state index contributed by atoms with van der Waals surface area (Å²) in [6.45, 7) is 0.181. The molecule has 2 N–H and O–H groups in total. The topological polar surface area (TPSA) is 66.8 Å². The summed E-state index contributed by atoms with van der Waals surface area (Å²) in [5, 5.41) is 18.4. The molecule has 0 bridgehead atoms. The summed E-state index contributed by atoms with van der Waals surface area (Å²) in [5.74, 6) is -0.384. The molecule has 1 heterocycles. The van der Waals surface area contributed by atoms with Crippen LogP contribution < -0.4 is 0 Å². The average molecular weight is 186 g/mol. The summed E-state index contributed by atoms with van der Waals surface area (Å²) in [6.07, 6.45) is 2.71. The van der Waals surface area contributed by atoms with E-state index in [9.17, 15) is 9.90 Å². The lowest BCUT2D eigenvalue weighted by atomic mass is 9.95. The van der Waals surface area contributed by atoms with Gasteiger partial charge in [-0.3, -0.25) is 4.79 Å². The maximum Gasteiger partial charge on any atom is 0.306 e. The van der Waals surface area contributed by atoms with Crippen LogP contribution in [-0.4, -0.2) is 34.5 Å². The maximum atomic E-state index is 10.4. The molecule has 1 saturated carbocycles. The van der Waals surface area contributed by atoms with Crippen molar-refractivity contribution in [3.8, 4) is 0 Å². The second kappa shape index (κ2) is 2.96. The maximum absolute atomic E-state index is 10.4. The highest BCUT2D eigenvalue weighted by Gasteiger charge is 2.45. The first-order valence-electron chi connectivity index (χ1n) is 4.65. The van der Waals surface area contributed by atoms with E-state index in [0.29, 0.717) is 12.3 Å². The van der Waals surface area contributed by atoms with Crippen LogP contribution in [0.25, 0.3) is 0 Å². The third kappa shape index (κ3) is 2.00. The van der Waals surface area contributed by atoms with Crippen LogP contribution in [0.5, 0.6) is 0 Å². The molecule has 0 radical (unpaired) electrons. The van der Waals surface area contributed by atoms with Crippen molar-refractivity contribution in [1.29, 1.82) is 0 Å². The molecule has 0 unspecified atom stereocenters. The molecule has 0 aromatic carbocycles. The first-order chi connectivity index (χ1) is 6.09. The molecule has 2 aliphatic rings. The number of ether oxygens (including phenoxy) is 1. The van der Waals surface area contributed by atoms with Crippen molar-refractivity contribution in [2.24, 2.45) is 5.92 Å². The second-order valence-electron chi connectivity index (χ2n) is 4.19. The summed E-state index contributed by atoms with van der Waals surface area (Å²) in [5.41, 5.74) is -1.11. The zero-order valence-corrected chi connectivity index (χ0v) is 7.40. The molecule has 4 heteroatoms. The van der Waals surface area contributed by atoms with Gasteiger partial charge < -0.3 is 14.9 Å². The lowest BCUT2D eigenvalue weighted by Crippen LogP contribution is -2.32. The van der Waals surface area contributed by atoms with Gasteiger partial charge in [0.1, 0.15) is 5.60 Å². The van der Waals surface area contributed by atoms with Crippen molar-refractivity contribution in [1.82, 2.24) is 0 Å². The minimum atomic E-state index is -1.11. The third-order valence-electron chi connectivity index (χ3n) is 2.78. The van der Waals surface area contributed by atoms with Crippen LogP contribution in [-0.2, 0) is 9.53 Å². The van der Waals surface area contributed by atoms with Gasteiger partial charge in [-0.15, -0.1) is 0 Å². The van der Waals surface area contributed by atoms with E-state index in [1.54, 1.807) is 0 Å². The molecule has 2 fully saturated rings. The normalized spacial score (nSPS) is 39.3. The van der Waals surface area contributed by atoms with Crippen molar-refractivity contribution in [2.75, 3.05) is 6.61 Å². The summed E-state index contributed by atoms with van der Waals surface area (Å²) in [7, 11) is 0. The van der Waals surface area contributed by atoms with Gasteiger partial charge in [-0.1, -0.05) is 0 Å². The summed E-state index contributed by atoms with van der Waals surface area (Å²) in [4.78, 5) is 10.4. The molecule has 0 aromatic rings. The Morgan fingerprint density at radius 2 is 2.23 bits per heavy atom. The Balaban J connectivity index is 1.90. The first kappa shape index (κ1) is 8.97. The van der Waals surface area contributed by atoms with Gasteiger partial charge in [-0.25, -0.2) is 0 Å². The zero-order chi connectivity index (χ0) is 9.47. The Labute approximate surface area is 76.5 Å². The number of carboxylic acids is 1. The Kier molecular flexibility index (Phi) is 2.04. The van der Waals surface area contributed by atoms with Gasteiger partial charge in [0.2, 0.25) is 0 Å². The predicted molar refractivity (Wildman–Crippen MR) is 44.3 cm³/mol. The van der Waals surface area contributed by atoms with Crippen LogP contribution in [0, 0.1) is 5.92 Å². The summed E-state index contributed by atoms with van der Waals surface area (Å²) < 4.78 is 5.38. The van der Waals surface area contributed by atoms with Gasteiger partial charge in [-0.2, -0.15) is 0 Å². The number of carboxylic acid groups (broad SMARTS) is 1. The molecular formula is C9H14O4. The molecule has 1 aliphatic carbocycles. The molecule has 0 amide bonds. The molecule has 0 spiro atoms. The Morgan fingerprint density at radius 1 is 1.54 bits per heavy atom. The number of carbonyl (C=O) groups is 1. The van der Waals surface area contributed by atoms with E-state index in [4.69, 9.17) is 9.84 Å². The molecular weight excluding hydrogens is 172 g/mol. The lowest BCUT2D eigenvalue weighted by Gasteiger charge is -2.17. The van der Waals surface area contributed by atoms with E-state index in [1.165, 1.54) is 0 Å². The molecule has 13 heavy (non-hydrogen) atoms. The fourth-order valence-corrected chi connectivity index (χ4v) is 1.93. The van der Waals surface area contributed by atoms with Crippen molar-refractivity contribution in [3.05, 3.63) is 0 Å². The Morgan fingerprint density at radius 3 is 2.77 bits per heavy atom. The SMILES string of the molecule is O=C(O)C[C@]1(O)CO[C@H](C2CC2)C1. The van der Waals surface area contributed by atoms with E-state index in [-0.39, 0.29) is 19.1 Å². The number of rotatable bonds is 3. The van der Waals surface area contributed by atoms with E-state index in [1.807, 2.05) is 0 Å². The van der Waals surface area contributed by atoms with Crippen molar-refractivity contribution >= 4 is 5.97 Å². The van der Waals surface area contributed by atoms with E-state index < -0.39 is 11.6 Å². The van der Waals surface area contributed by atoms with Crippen LogP contribution in [0.4, 0.5) is 0 Å². The third-order valence-corrected chi connectivity index (χ3v) is 2.78. The Bertz CT molecular complexity index is 224. The molecule has 4 nitrogen and oxygen atoms in total. The lowest BCUT2D eigenvalue weighted by molar-refractivity contribution is -0.142. The molecule has 2 rings (SSSR count). The quantitative estimate of drug-likeness (QED) is 0.669. The van der Waals surface area contributed by atoms with Gasteiger partial charge in [0.05, 0.1) is 19.1 Å². The smallest absolute Gasteiger partial charge is 0.306 e. The predicted octanol–water partition coefficient (Wildman–Crippen LogP) is 0.391. The fourth-order valence-electron chi connectivity index (χ4n) is 1.93. The number of aliphatic hydroxyl groups is 1. The van der Waals surface area contributed by atoms with Crippen LogP contribution in [0.15, 0.2) is 0 Å². The van der Waals surface area contributed by atoms with E-state index in [2.05, 4.69) is 0 Å². The number of hydrogen-bond donors (Lipinski definition) is 2. The van der Waals surface area contributed by atoms with E-state index >= 15 is 0 Å². The minimum absolute atomic E-state index is 0.101. The van der Waals surface area contributed by atoms with Crippen molar-refractivity contribution in [3.63, 3.8) is 0 Å². The van der Waals surface area contributed by atoms with Gasteiger partial charge in [0.15, 0.2) is 0 Å². The van der Waals surface area contributed by atoms with Gasteiger partial charge in [-0.05, 0) is 18.8 Å². The monoisotopic (exact) mass is 186 g/mol. The number of hydrogen-bond acceptors (Lipinski definition) is 3. The number of aliphatic carboxylic acids is 1. The Hall–Kier alpha value is -0.610. The van der Waals surface area contributed by atoms with E-state index in [0.717, 1.165) is 12.8 Å². The minimum Gasteiger partial charge on any atom is -0.481 e. The molecule has 2 atom stereocenters. The highest BCUT2D eigenvalue weighted by Crippen LogP contribution is 2.42. The largest absolute Gasteiger partial charge is 0.481 e. The van der Waals surface area contributed by atoms with Crippen LogP contribution in [0.2, 0.25) is 0 Å². The molecule has 1 aliphatic heterocycles. The van der Waals surface area contributed by atoms with Crippen molar-refractivity contribution < 1.29 is 19.7 Å². The highest BCUT2D eigenvalue weighted by atomic mass is 16.5. The first-order valence-corrected chi connectivity index (χ1v) is 4.65.